The van der Waals surface area contributed by atoms with Crippen LogP contribution in [0.1, 0.15) is 44.1 Å². The summed E-state index contributed by atoms with van der Waals surface area (Å²) in [5.41, 5.74) is 2.44. The predicted octanol–water partition coefficient (Wildman–Crippen LogP) is 3.55. The van der Waals surface area contributed by atoms with Crippen LogP contribution in [0.2, 0.25) is 0 Å². The second-order valence-electron chi connectivity index (χ2n) is 6.00. The molecule has 1 aromatic rings. The molecule has 0 amide bonds. The first-order valence-electron chi connectivity index (χ1n) is 6.42. The van der Waals surface area contributed by atoms with Crippen LogP contribution in [0.5, 0.6) is 0 Å². The van der Waals surface area contributed by atoms with E-state index in [0.29, 0.717) is 5.41 Å². The summed E-state index contributed by atoms with van der Waals surface area (Å²) in [6.45, 7) is 8.33. The fraction of sp³-hybridized carbons (Fsp3) is 0.714. The van der Waals surface area contributed by atoms with Crippen molar-refractivity contribution in [3.05, 3.63) is 21.9 Å². The Kier molecular flexibility index (Phi) is 2.25. The maximum atomic E-state index is 3.85. The molecule has 1 N–H and O–H groups in total. The molecule has 1 nitrogen and oxygen atoms in total. The molecule has 0 saturated heterocycles. The summed E-state index contributed by atoms with van der Waals surface area (Å²) in [4.78, 5) is 1.63. The summed E-state index contributed by atoms with van der Waals surface area (Å²) < 4.78 is 0. The van der Waals surface area contributed by atoms with Gasteiger partial charge in [0.25, 0.3) is 0 Å². The highest BCUT2D eigenvalue weighted by Gasteiger charge is 2.58. The van der Waals surface area contributed by atoms with Crippen LogP contribution in [0.15, 0.2) is 11.4 Å². The summed E-state index contributed by atoms with van der Waals surface area (Å²) in [5, 5.41) is 6.12. The van der Waals surface area contributed by atoms with E-state index in [4.69, 9.17) is 0 Å². The minimum atomic E-state index is 0.289. The van der Waals surface area contributed by atoms with Crippen LogP contribution in [0, 0.1) is 11.3 Å². The molecule has 88 valence electrons. The van der Waals surface area contributed by atoms with Gasteiger partial charge in [0.15, 0.2) is 0 Å². The summed E-state index contributed by atoms with van der Waals surface area (Å²) in [7, 11) is 0. The van der Waals surface area contributed by atoms with Crippen molar-refractivity contribution < 1.29 is 0 Å². The minimum Gasteiger partial charge on any atom is -0.307 e. The molecule has 0 bridgehead atoms. The van der Waals surface area contributed by atoms with Gasteiger partial charge in [0, 0.05) is 17.0 Å². The van der Waals surface area contributed by atoms with Crippen molar-refractivity contribution in [1.29, 1.82) is 0 Å². The van der Waals surface area contributed by atoms with Gasteiger partial charge in [-0.05, 0) is 47.6 Å². The van der Waals surface area contributed by atoms with E-state index in [9.17, 15) is 0 Å². The second kappa shape index (κ2) is 3.33. The lowest BCUT2D eigenvalue weighted by Gasteiger charge is -2.40. The van der Waals surface area contributed by atoms with Crippen LogP contribution in [-0.2, 0) is 12.0 Å². The normalized spacial score (nSPS) is 35.8. The molecule has 0 spiro atoms. The average Bonchev–Trinajstić information content (AvgIpc) is 2.73. The molecule has 0 radical (unpaired) electrons. The summed E-state index contributed by atoms with van der Waals surface area (Å²) in [5.74, 6) is 0.832. The lowest BCUT2D eigenvalue weighted by molar-refractivity contribution is 0.234. The highest BCUT2D eigenvalue weighted by molar-refractivity contribution is 7.10. The maximum Gasteiger partial charge on any atom is 0.0477 e. The van der Waals surface area contributed by atoms with E-state index in [1.807, 2.05) is 11.3 Å². The molecule has 16 heavy (non-hydrogen) atoms. The highest BCUT2D eigenvalue weighted by Crippen LogP contribution is 2.62. The van der Waals surface area contributed by atoms with E-state index in [1.54, 1.807) is 10.4 Å². The zero-order valence-corrected chi connectivity index (χ0v) is 11.3. The molecule has 1 aromatic heterocycles. The van der Waals surface area contributed by atoms with Crippen LogP contribution in [0.3, 0.4) is 0 Å². The maximum absolute atomic E-state index is 3.85. The van der Waals surface area contributed by atoms with Gasteiger partial charge in [-0.2, -0.15) is 0 Å². The summed E-state index contributed by atoms with van der Waals surface area (Å²) in [6, 6.07) is 2.37. The summed E-state index contributed by atoms with van der Waals surface area (Å²) >= 11 is 1.95. The number of rotatable bonds is 2. The molecule has 1 saturated carbocycles. The Morgan fingerprint density at radius 2 is 2.25 bits per heavy atom. The Morgan fingerprint density at radius 3 is 2.88 bits per heavy atom. The summed E-state index contributed by atoms with van der Waals surface area (Å²) in [6.07, 6.45) is 3.83. The third-order valence-corrected chi connectivity index (χ3v) is 5.67. The quantitative estimate of drug-likeness (QED) is 0.826. The Morgan fingerprint density at radius 1 is 1.50 bits per heavy atom. The fourth-order valence-corrected chi connectivity index (χ4v) is 4.57. The van der Waals surface area contributed by atoms with Gasteiger partial charge in [-0.3, -0.25) is 0 Å². The van der Waals surface area contributed by atoms with Gasteiger partial charge in [-0.25, -0.2) is 0 Å². The van der Waals surface area contributed by atoms with Crippen molar-refractivity contribution in [2.45, 2.75) is 45.6 Å². The second-order valence-corrected chi connectivity index (χ2v) is 7.01. The van der Waals surface area contributed by atoms with Crippen molar-refractivity contribution in [3.63, 3.8) is 0 Å². The number of nitrogens with one attached hydrogen (secondary N) is 1. The number of hydrogen-bond acceptors (Lipinski definition) is 2. The van der Waals surface area contributed by atoms with Crippen molar-refractivity contribution in [3.8, 4) is 0 Å². The van der Waals surface area contributed by atoms with Crippen LogP contribution >= 0.6 is 11.3 Å². The van der Waals surface area contributed by atoms with Crippen LogP contribution in [0.4, 0.5) is 0 Å². The number of hydrogen-bond donors (Lipinski definition) is 1. The van der Waals surface area contributed by atoms with Crippen molar-refractivity contribution in [2.75, 3.05) is 6.54 Å². The first-order chi connectivity index (χ1) is 7.60. The zero-order chi connectivity index (χ0) is 11.4. The first kappa shape index (κ1) is 10.8. The Labute approximate surface area is 102 Å². The standard InChI is InChI=1S/C14H21NS/c1-4-14(12-9-13(12,2)3)10-6-8-16-11(10)5-7-15-14/h6,8,12,15H,4-5,7,9H2,1-3H3. The molecule has 1 aliphatic carbocycles. The van der Waals surface area contributed by atoms with Gasteiger partial charge in [0.05, 0.1) is 0 Å². The lowest BCUT2D eigenvalue weighted by Crippen LogP contribution is -2.49. The van der Waals surface area contributed by atoms with E-state index in [2.05, 4.69) is 37.5 Å². The molecule has 0 aromatic carbocycles. The Balaban J connectivity index is 2.04. The van der Waals surface area contributed by atoms with Crippen molar-refractivity contribution >= 4 is 11.3 Å². The van der Waals surface area contributed by atoms with Gasteiger partial charge >= 0.3 is 0 Å². The van der Waals surface area contributed by atoms with E-state index in [1.165, 1.54) is 19.3 Å². The smallest absolute Gasteiger partial charge is 0.0477 e. The number of fused-ring (bicyclic) bond motifs is 1. The zero-order valence-electron chi connectivity index (χ0n) is 10.5. The molecule has 2 heteroatoms. The molecule has 2 aliphatic rings. The van der Waals surface area contributed by atoms with E-state index in [-0.39, 0.29) is 5.54 Å². The number of thiophene rings is 1. The van der Waals surface area contributed by atoms with Crippen LogP contribution < -0.4 is 5.32 Å². The molecular weight excluding hydrogens is 214 g/mol. The third-order valence-electron chi connectivity index (χ3n) is 4.68. The SMILES string of the molecule is CCC1(C2CC2(C)C)NCCc2sccc21. The van der Waals surface area contributed by atoms with Crippen LogP contribution in [-0.4, -0.2) is 6.54 Å². The minimum absolute atomic E-state index is 0.289. The topological polar surface area (TPSA) is 12.0 Å². The monoisotopic (exact) mass is 235 g/mol. The van der Waals surface area contributed by atoms with E-state index in [0.717, 1.165) is 12.5 Å². The first-order valence-corrected chi connectivity index (χ1v) is 7.30. The molecule has 1 fully saturated rings. The highest BCUT2D eigenvalue weighted by atomic mass is 32.1. The average molecular weight is 235 g/mol. The third kappa shape index (κ3) is 1.32. The van der Waals surface area contributed by atoms with Gasteiger partial charge < -0.3 is 5.32 Å². The van der Waals surface area contributed by atoms with Crippen LogP contribution in [0.25, 0.3) is 0 Å². The Bertz CT molecular complexity index is 407. The van der Waals surface area contributed by atoms with Crippen molar-refractivity contribution in [1.82, 2.24) is 5.32 Å². The molecule has 2 atom stereocenters. The van der Waals surface area contributed by atoms with Gasteiger partial charge in [0.2, 0.25) is 0 Å². The van der Waals surface area contributed by atoms with Gasteiger partial charge in [-0.15, -0.1) is 11.3 Å². The Hall–Kier alpha value is -0.340. The molecule has 2 unspecified atom stereocenters. The lowest BCUT2D eigenvalue weighted by atomic mass is 9.77. The van der Waals surface area contributed by atoms with Gasteiger partial charge in [0.1, 0.15) is 0 Å². The molecule has 2 heterocycles. The van der Waals surface area contributed by atoms with Crippen molar-refractivity contribution in [2.24, 2.45) is 11.3 Å². The predicted molar refractivity (Wildman–Crippen MR) is 69.9 cm³/mol. The largest absolute Gasteiger partial charge is 0.307 e. The fourth-order valence-electron chi connectivity index (χ4n) is 3.61. The molecule has 3 rings (SSSR count). The van der Waals surface area contributed by atoms with E-state index < -0.39 is 0 Å². The van der Waals surface area contributed by atoms with E-state index >= 15 is 0 Å². The molecular formula is C14H21NS. The van der Waals surface area contributed by atoms with Gasteiger partial charge in [-0.1, -0.05) is 20.8 Å². The molecule has 1 aliphatic heterocycles.